The van der Waals surface area contributed by atoms with E-state index in [4.69, 9.17) is 11.5 Å². The largest absolute Gasteiger partial charge is 0.481 e. The van der Waals surface area contributed by atoms with Gasteiger partial charge in [0, 0.05) is 12.3 Å². The number of fused-ring (bicyclic) bond motifs is 1. The van der Waals surface area contributed by atoms with Crippen molar-refractivity contribution in [1.29, 1.82) is 0 Å². The van der Waals surface area contributed by atoms with Crippen molar-refractivity contribution in [2.24, 2.45) is 16.5 Å². The molecule has 0 aliphatic carbocycles. The van der Waals surface area contributed by atoms with E-state index in [0.717, 1.165) is 17.1 Å². The van der Waals surface area contributed by atoms with Crippen molar-refractivity contribution < 1.29 is 43.8 Å². The number of hydrogen-bond acceptors (Lipinski definition) is 9. The number of guanidine groups is 1. The molecule has 47 heavy (non-hydrogen) atoms. The summed E-state index contributed by atoms with van der Waals surface area (Å²) in [4.78, 5) is 92.6. The van der Waals surface area contributed by atoms with Crippen LogP contribution < -0.4 is 38.1 Å². The van der Waals surface area contributed by atoms with E-state index < -0.39 is 84.4 Å². The minimum absolute atomic E-state index is 0.0407. The van der Waals surface area contributed by atoms with Gasteiger partial charge in [0.25, 0.3) is 0 Å². The van der Waals surface area contributed by atoms with Crippen molar-refractivity contribution in [3.63, 3.8) is 0 Å². The second-order valence-electron chi connectivity index (χ2n) is 10.4. The molecular formula is C29H36N8O9S. The molecule has 1 fully saturated rings. The summed E-state index contributed by atoms with van der Waals surface area (Å²) < 4.78 is 0. The molecule has 5 amide bonds. The van der Waals surface area contributed by atoms with E-state index in [1.807, 2.05) is 12.1 Å². The third-order valence-electron chi connectivity index (χ3n) is 6.86. The number of aliphatic imine (C=N–C) groups is 1. The Morgan fingerprint density at radius 2 is 1.47 bits per heavy atom. The first-order valence-electron chi connectivity index (χ1n) is 14.4. The molecule has 252 valence electrons. The molecule has 18 heteroatoms. The molecule has 1 aliphatic rings. The number of carboxylic acid groups (broad SMARTS) is 2. The number of nitrogens with one attached hydrogen (secondary N) is 5. The van der Waals surface area contributed by atoms with Gasteiger partial charge in [-0.3, -0.25) is 33.8 Å². The van der Waals surface area contributed by atoms with Gasteiger partial charge in [0.2, 0.25) is 29.5 Å². The number of nitrogens with zero attached hydrogens (tertiary/aromatic N) is 1. The average molecular weight is 673 g/mol. The van der Waals surface area contributed by atoms with Crippen LogP contribution in [0.2, 0.25) is 0 Å². The molecule has 0 radical (unpaired) electrons. The van der Waals surface area contributed by atoms with E-state index in [1.165, 1.54) is 0 Å². The van der Waals surface area contributed by atoms with Crippen LogP contribution in [0, 0.1) is 0 Å². The van der Waals surface area contributed by atoms with Crippen LogP contribution in [0.1, 0.15) is 30.1 Å². The van der Waals surface area contributed by atoms with Crippen molar-refractivity contribution in [1.82, 2.24) is 26.6 Å². The van der Waals surface area contributed by atoms with Gasteiger partial charge in [0.1, 0.15) is 23.4 Å². The lowest BCUT2D eigenvalue weighted by Crippen LogP contribution is -2.55. The summed E-state index contributed by atoms with van der Waals surface area (Å²) in [6.07, 6.45) is -0.602. The second-order valence-corrected chi connectivity index (χ2v) is 11.5. The fraction of sp³-hybridized carbons (Fsp3) is 0.379. The third kappa shape index (κ3) is 11.2. The number of thioether (sulfide) groups is 1. The Bertz CT molecular complexity index is 1540. The molecule has 4 atom stereocenters. The van der Waals surface area contributed by atoms with Gasteiger partial charge in [-0.2, -0.15) is 0 Å². The Kier molecular flexibility index (Phi) is 13.3. The molecule has 0 spiro atoms. The number of carboxylic acids is 2. The zero-order valence-corrected chi connectivity index (χ0v) is 25.9. The molecule has 1 aliphatic heterocycles. The lowest BCUT2D eigenvalue weighted by molar-refractivity contribution is -0.143. The highest BCUT2D eigenvalue weighted by Gasteiger charge is 2.32. The summed E-state index contributed by atoms with van der Waals surface area (Å²) in [5, 5.41) is 31.4. The number of carbonyl (C=O) groups excluding carboxylic acids is 5. The van der Waals surface area contributed by atoms with Crippen LogP contribution in [0.25, 0.3) is 10.8 Å². The molecule has 0 unspecified atom stereocenters. The lowest BCUT2D eigenvalue weighted by atomic mass is 10.0. The van der Waals surface area contributed by atoms with Crippen molar-refractivity contribution in [3.05, 3.63) is 48.0 Å². The Balaban J connectivity index is 1.96. The van der Waals surface area contributed by atoms with E-state index in [1.54, 1.807) is 30.3 Å². The zero-order chi connectivity index (χ0) is 34.5. The Morgan fingerprint density at radius 3 is 2.13 bits per heavy atom. The summed E-state index contributed by atoms with van der Waals surface area (Å²) in [6, 6.07) is 7.90. The van der Waals surface area contributed by atoms with E-state index in [2.05, 4.69) is 31.6 Å². The van der Waals surface area contributed by atoms with Crippen LogP contribution in [-0.4, -0.2) is 101 Å². The van der Waals surface area contributed by atoms with E-state index in [9.17, 15) is 43.8 Å². The van der Waals surface area contributed by atoms with E-state index >= 15 is 0 Å². The maximum absolute atomic E-state index is 13.6. The molecule has 3 rings (SSSR count). The second kappa shape index (κ2) is 17.3. The van der Waals surface area contributed by atoms with Gasteiger partial charge < -0.3 is 48.3 Å². The fourth-order valence-electron chi connectivity index (χ4n) is 4.62. The van der Waals surface area contributed by atoms with E-state index in [0.29, 0.717) is 10.9 Å². The maximum atomic E-state index is 13.6. The molecule has 17 nitrogen and oxygen atoms in total. The quantitative estimate of drug-likeness (QED) is 0.0831. The van der Waals surface area contributed by atoms with Crippen LogP contribution in [0.5, 0.6) is 0 Å². The smallest absolute Gasteiger partial charge is 0.327 e. The third-order valence-corrected chi connectivity index (χ3v) is 8.19. The monoisotopic (exact) mass is 672 g/mol. The molecule has 0 saturated carbocycles. The first kappa shape index (κ1) is 36.1. The molecule has 1 saturated heterocycles. The first-order chi connectivity index (χ1) is 22.3. The van der Waals surface area contributed by atoms with Crippen LogP contribution in [0.3, 0.4) is 0 Å². The number of hydrogen-bond donors (Lipinski definition) is 9. The SMILES string of the molecule is NC(N)=NCCC[C@@H]1NC(=O)CNC(=O)[C@@H](c2cccc3ccccc23)SC[C@@H](C(=O)O)NC(=O)[C@H](CC(=O)O)NC(=O)CNC1=O. The predicted octanol–water partition coefficient (Wildman–Crippen LogP) is -2.07. The zero-order valence-electron chi connectivity index (χ0n) is 25.1. The molecule has 2 aromatic rings. The number of aliphatic carboxylic acids is 2. The minimum Gasteiger partial charge on any atom is -0.481 e. The van der Waals surface area contributed by atoms with Crippen molar-refractivity contribution in [2.45, 2.75) is 42.6 Å². The standard InChI is InChI=1S/C29H36N8O9S/c30-29(31)32-10-4-9-18-25(42)33-12-22(39)36-19(11-23(40)41)26(43)37-20(28(45)46)14-47-24(27(44)34-13-21(38)35-18)17-8-3-6-15-5-1-2-7-16(15)17/h1-3,5-8,18-20,24H,4,9-14H2,(H,33,42)(H,34,44)(H,35,38)(H,36,39)(H,37,43)(H,40,41)(H,45,46)(H4,30,31,32)/t18-,19-,20-,24+/m0/s1. The number of carbonyl (C=O) groups is 7. The summed E-state index contributed by atoms with van der Waals surface area (Å²) in [6.45, 7) is -1.12. The van der Waals surface area contributed by atoms with Crippen LogP contribution in [0.15, 0.2) is 47.5 Å². The minimum atomic E-state index is -1.70. The molecule has 0 aromatic heterocycles. The first-order valence-corrected chi connectivity index (χ1v) is 15.4. The number of rotatable bonds is 8. The summed E-state index contributed by atoms with van der Waals surface area (Å²) in [5.41, 5.74) is 11.2. The summed E-state index contributed by atoms with van der Waals surface area (Å²) >= 11 is 0.873. The van der Waals surface area contributed by atoms with Gasteiger partial charge >= 0.3 is 11.9 Å². The Morgan fingerprint density at radius 1 is 0.830 bits per heavy atom. The van der Waals surface area contributed by atoms with Gasteiger partial charge in [-0.25, -0.2) is 4.79 Å². The van der Waals surface area contributed by atoms with Crippen molar-refractivity contribution >= 4 is 70.0 Å². The highest BCUT2D eigenvalue weighted by atomic mass is 32.2. The fourth-order valence-corrected chi connectivity index (χ4v) is 5.85. The highest BCUT2D eigenvalue weighted by Crippen LogP contribution is 2.34. The number of amides is 5. The molecule has 2 aromatic carbocycles. The van der Waals surface area contributed by atoms with Gasteiger partial charge in [-0.05, 0) is 29.2 Å². The number of nitrogens with two attached hydrogens (primary N) is 2. The lowest BCUT2D eigenvalue weighted by Gasteiger charge is -2.24. The predicted molar refractivity (Wildman–Crippen MR) is 171 cm³/mol. The van der Waals surface area contributed by atoms with Crippen LogP contribution in [-0.2, 0) is 33.6 Å². The average Bonchev–Trinajstić information content (AvgIpc) is 3.02. The molecule has 1 heterocycles. The summed E-state index contributed by atoms with van der Waals surface area (Å²) in [7, 11) is 0. The van der Waals surface area contributed by atoms with Gasteiger partial charge in [-0.1, -0.05) is 42.5 Å². The molecular weight excluding hydrogens is 636 g/mol. The normalized spacial score (nSPS) is 21.9. The number of benzene rings is 2. The van der Waals surface area contributed by atoms with Crippen molar-refractivity contribution in [3.8, 4) is 0 Å². The Hall–Kier alpha value is -5.39. The highest BCUT2D eigenvalue weighted by molar-refractivity contribution is 8.00. The molecule has 11 N–H and O–H groups in total. The topological polar surface area (TPSA) is 284 Å². The van der Waals surface area contributed by atoms with Crippen LogP contribution in [0.4, 0.5) is 0 Å². The van der Waals surface area contributed by atoms with Crippen LogP contribution >= 0.6 is 11.8 Å². The molecule has 0 bridgehead atoms. The van der Waals surface area contributed by atoms with E-state index in [-0.39, 0.29) is 31.1 Å². The van der Waals surface area contributed by atoms with Crippen molar-refractivity contribution in [2.75, 3.05) is 25.4 Å². The van der Waals surface area contributed by atoms with Gasteiger partial charge in [0.15, 0.2) is 5.96 Å². The summed E-state index contributed by atoms with van der Waals surface area (Å²) in [5.74, 6) is -7.68. The van der Waals surface area contributed by atoms with Gasteiger partial charge in [0.05, 0.1) is 19.5 Å². The van der Waals surface area contributed by atoms with Gasteiger partial charge in [-0.15, -0.1) is 11.8 Å². The Labute approximate surface area is 272 Å². The maximum Gasteiger partial charge on any atom is 0.327 e.